The molecule has 7 heteroatoms. The monoisotopic (exact) mass is 403 g/mol. The van der Waals surface area contributed by atoms with Crippen molar-refractivity contribution in [1.29, 1.82) is 0 Å². The average molecular weight is 403 g/mol. The van der Waals surface area contributed by atoms with E-state index < -0.39 is 0 Å². The van der Waals surface area contributed by atoms with Crippen LogP contribution in [0.15, 0.2) is 67.1 Å². The summed E-state index contributed by atoms with van der Waals surface area (Å²) in [7, 11) is 0. The molecule has 3 N–H and O–H groups in total. The normalized spacial score (nSPS) is 16.3. The molecule has 3 heterocycles. The van der Waals surface area contributed by atoms with Crippen molar-refractivity contribution in [2.45, 2.75) is 19.3 Å². The van der Waals surface area contributed by atoms with Crippen molar-refractivity contribution in [3.63, 3.8) is 0 Å². The standard InChI is InChI=1S/C23H25N5O2/c24-23(30)18-4-3-13-28(16-18)21-10-7-19(15-25-21)26-22(29)14-17-5-8-20(9-6-17)27-11-1-2-12-27/h1-2,5-12,15,18H,3-4,13-14,16H2,(H2,24,30)(H,26,29). The van der Waals surface area contributed by atoms with Crippen LogP contribution in [0.5, 0.6) is 0 Å². The first-order chi connectivity index (χ1) is 14.6. The number of piperidine rings is 1. The highest BCUT2D eigenvalue weighted by Gasteiger charge is 2.24. The first kappa shape index (κ1) is 19.7. The zero-order valence-corrected chi connectivity index (χ0v) is 16.7. The fourth-order valence-electron chi connectivity index (χ4n) is 3.75. The molecule has 2 aromatic heterocycles. The van der Waals surface area contributed by atoms with Crippen molar-refractivity contribution in [2.75, 3.05) is 23.3 Å². The van der Waals surface area contributed by atoms with E-state index in [9.17, 15) is 9.59 Å². The number of aromatic nitrogens is 2. The second-order valence-electron chi connectivity index (χ2n) is 7.57. The lowest BCUT2D eigenvalue weighted by Gasteiger charge is -2.32. The van der Waals surface area contributed by atoms with Crippen molar-refractivity contribution in [1.82, 2.24) is 9.55 Å². The molecule has 2 amide bonds. The summed E-state index contributed by atoms with van der Waals surface area (Å²) in [5.41, 5.74) is 8.10. The summed E-state index contributed by atoms with van der Waals surface area (Å²) in [4.78, 5) is 30.4. The second-order valence-corrected chi connectivity index (χ2v) is 7.57. The molecule has 1 aromatic carbocycles. The van der Waals surface area contributed by atoms with Gasteiger partial charge in [0.15, 0.2) is 0 Å². The molecule has 1 atom stereocenters. The largest absolute Gasteiger partial charge is 0.369 e. The van der Waals surface area contributed by atoms with E-state index in [4.69, 9.17) is 5.73 Å². The van der Waals surface area contributed by atoms with Crippen LogP contribution >= 0.6 is 0 Å². The van der Waals surface area contributed by atoms with E-state index in [0.29, 0.717) is 18.7 Å². The van der Waals surface area contributed by atoms with E-state index in [-0.39, 0.29) is 17.7 Å². The maximum atomic E-state index is 12.4. The third kappa shape index (κ3) is 4.68. The molecule has 0 aliphatic carbocycles. The van der Waals surface area contributed by atoms with Gasteiger partial charge >= 0.3 is 0 Å². The van der Waals surface area contributed by atoms with E-state index in [2.05, 4.69) is 15.2 Å². The van der Waals surface area contributed by atoms with Crippen molar-refractivity contribution in [3.05, 3.63) is 72.7 Å². The number of amides is 2. The van der Waals surface area contributed by atoms with Crippen LogP contribution in [-0.2, 0) is 16.0 Å². The van der Waals surface area contributed by atoms with Crippen LogP contribution < -0.4 is 16.0 Å². The van der Waals surface area contributed by atoms with Gasteiger partial charge in [-0.15, -0.1) is 0 Å². The summed E-state index contributed by atoms with van der Waals surface area (Å²) in [6.07, 6.45) is 7.65. The van der Waals surface area contributed by atoms with Gasteiger partial charge in [-0.3, -0.25) is 9.59 Å². The van der Waals surface area contributed by atoms with Crippen molar-refractivity contribution in [2.24, 2.45) is 11.7 Å². The summed E-state index contributed by atoms with van der Waals surface area (Å²) in [5.74, 6) is 0.304. The van der Waals surface area contributed by atoms with Crippen LogP contribution in [0, 0.1) is 5.92 Å². The lowest BCUT2D eigenvalue weighted by Crippen LogP contribution is -2.41. The maximum absolute atomic E-state index is 12.4. The number of nitrogens with one attached hydrogen (secondary N) is 1. The van der Waals surface area contributed by atoms with Gasteiger partial charge in [-0.2, -0.15) is 0 Å². The number of benzene rings is 1. The lowest BCUT2D eigenvalue weighted by molar-refractivity contribution is -0.122. The summed E-state index contributed by atoms with van der Waals surface area (Å²) in [5, 5.41) is 2.89. The fourth-order valence-corrected chi connectivity index (χ4v) is 3.75. The Kier molecular flexibility index (Phi) is 5.79. The summed E-state index contributed by atoms with van der Waals surface area (Å²) in [6.45, 7) is 1.44. The number of nitrogens with zero attached hydrogens (tertiary/aromatic N) is 3. The summed E-state index contributed by atoms with van der Waals surface area (Å²) < 4.78 is 2.02. The Balaban J connectivity index is 1.33. The van der Waals surface area contributed by atoms with Crippen molar-refractivity contribution in [3.8, 4) is 5.69 Å². The van der Waals surface area contributed by atoms with E-state index >= 15 is 0 Å². The van der Waals surface area contributed by atoms with E-state index in [1.54, 1.807) is 6.20 Å². The molecule has 3 aromatic rings. The predicted molar refractivity (Wildman–Crippen MR) is 116 cm³/mol. The van der Waals surface area contributed by atoms with Gasteiger partial charge in [-0.05, 0) is 54.8 Å². The zero-order chi connectivity index (χ0) is 20.9. The number of nitrogens with two attached hydrogens (primary N) is 1. The molecule has 1 fully saturated rings. The molecule has 1 aliphatic heterocycles. The highest BCUT2D eigenvalue weighted by atomic mass is 16.2. The molecule has 7 nitrogen and oxygen atoms in total. The van der Waals surface area contributed by atoms with Crippen LogP contribution in [0.1, 0.15) is 18.4 Å². The smallest absolute Gasteiger partial charge is 0.228 e. The zero-order valence-electron chi connectivity index (χ0n) is 16.7. The van der Waals surface area contributed by atoms with Gasteiger partial charge in [0, 0.05) is 31.2 Å². The Morgan fingerprint density at radius 2 is 1.87 bits per heavy atom. The summed E-state index contributed by atoms with van der Waals surface area (Å²) >= 11 is 0. The highest BCUT2D eigenvalue weighted by Crippen LogP contribution is 2.22. The minimum absolute atomic E-state index is 0.0926. The number of primary amides is 1. The van der Waals surface area contributed by atoms with Gasteiger partial charge in [-0.1, -0.05) is 12.1 Å². The van der Waals surface area contributed by atoms with Gasteiger partial charge in [0.25, 0.3) is 0 Å². The molecular formula is C23H25N5O2. The minimum Gasteiger partial charge on any atom is -0.369 e. The van der Waals surface area contributed by atoms with Gasteiger partial charge in [0.1, 0.15) is 5.82 Å². The van der Waals surface area contributed by atoms with Crippen molar-refractivity contribution >= 4 is 23.3 Å². The maximum Gasteiger partial charge on any atom is 0.228 e. The first-order valence-electron chi connectivity index (χ1n) is 10.1. The van der Waals surface area contributed by atoms with Crippen LogP contribution in [0.25, 0.3) is 5.69 Å². The number of carbonyl (C=O) groups excluding carboxylic acids is 2. The molecule has 0 spiro atoms. The van der Waals surface area contributed by atoms with Crippen LogP contribution in [-0.4, -0.2) is 34.5 Å². The number of rotatable bonds is 6. The van der Waals surface area contributed by atoms with Crippen LogP contribution in [0.2, 0.25) is 0 Å². The Morgan fingerprint density at radius 1 is 1.10 bits per heavy atom. The first-order valence-corrected chi connectivity index (χ1v) is 10.1. The van der Waals surface area contributed by atoms with Gasteiger partial charge in [0.05, 0.1) is 24.2 Å². The predicted octanol–water partition coefficient (Wildman–Crippen LogP) is 2.76. The Bertz CT molecular complexity index is 997. The average Bonchev–Trinajstić information content (AvgIpc) is 3.30. The number of pyridine rings is 1. The van der Waals surface area contributed by atoms with E-state index in [1.807, 2.05) is 65.5 Å². The second kappa shape index (κ2) is 8.82. The quantitative estimate of drug-likeness (QED) is 0.662. The lowest BCUT2D eigenvalue weighted by atomic mass is 9.97. The Hall–Kier alpha value is -3.61. The highest BCUT2D eigenvalue weighted by molar-refractivity contribution is 5.92. The SMILES string of the molecule is NC(=O)C1CCCN(c2ccc(NC(=O)Cc3ccc(-n4cccc4)cc3)cn2)C1. The number of anilines is 2. The molecule has 0 bridgehead atoms. The van der Waals surface area contributed by atoms with Gasteiger partial charge in [-0.25, -0.2) is 4.98 Å². The van der Waals surface area contributed by atoms with Gasteiger partial charge in [0.2, 0.25) is 11.8 Å². The van der Waals surface area contributed by atoms with E-state index in [1.165, 1.54) is 0 Å². The molecule has 0 radical (unpaired) electrons. The molecule has 4 rings (SSSR count). The fraction of sp³-hybridized carbons (Fsp3) is 0.261. The molecule has 154 valence electrons. The Morgan fingerprint density at radius 3 is 2.53 bits per heavy atom. The topological polar surface area (TPSA) is 93.3 Å². The Labute approximate surface area is 175 Å². The molecule has 1 saturated heterocycles. The summed E-state index contributed by atoms with van der Waals surface area (Å²) in [6, 6.07) is 15.6. The third-order valence-electron chi connectivity index (χ3n) is 5.38. The minimum atomic E-state index is -0.259. The van der Waals surface area contributed by atoms with E-state index in [0.717, 1.165) is 36.5 Å². The number of hydrogen-bond acceptors (Lipinski definition) is 4. The van der Waals surface area contributed by atoms with Gasteiger partial charge < -0.3 is 20.5 Å². The number of carbonyl (C=O) groups is 2. The molecular weight excluding hydrogens is 378 g/mol. The molecule has 0 saturated carbocycles. The van der Waals surface area contributed by atoms with Crippen LogP contribution in [0.4, 0.5) is 11.5 Å². The molecule has 30 heavy (non-hydrogen) atoms. The third-order valence-corrected chi connectivity index (χ3v) is 5.38. The molecule has 1 aliphatic rings. The van der Waals surface area contributed by atoms with Crippen LogP contribution in [0.3, 0.4) is 0 Å². The number of hydrogen-bond donors (Lipinski definition) is 2. The molecule has 1 unspecified atom stereocenters. The van der Waals surface area contributed by atoms with Crippen molar-refractivity contribution < 1.29 is 9.59 Å².